The maximum Gasteiger partial charge on any atom is 0.238 e. The summed E-state index contributed by atoms with van der Waals surface area (Å²) in [4.78, 5) is 12.0. The van der Waals surface area contributed by atoms with Crippen molar-refractivity contribution in [3.63, 3.8) is 0 Å². The molecule has 122 valence electrons. The van der Waals surface area contributed by atoms with E-state index in [2.05, 4.69) is 5.32 Å². The second-order valence-corrected chi connectivity index (χ2v) is 7.19. The Balaban J connectivity index is 1.95. The van der Waals surface area contributed by atoms with E-state index in [0.717, 1.165) is 5.56 Å². The lowest BCUT2D eigenvalue weighted by Crippen LogP contribution is -2.13. The number of aryl methyl sites for hydroxylation is 1. The van der Waals surface area contributed by atoms with Crippen molar-refractivity contribution >= 4 is 44.8 Å². The Kier molecular flexibility index (Phi) is 5.64. The monoisotopic (exact) mass is 372 g/mol. The highest BCUT2D eigenvalue weighted by molar-refractivity contribution is 7.89. The van der Waals surface area contributed by atoms with Gasteiger partial charge in [0.1, 0.15) is 0 Å². The van der Waals surface area contributed by atoms with Crippen LogP contribution in [-0.2, 0) is 21.2 Å². The van der Waals surface area contributed by atoms with Crippen LogP contribution >= 0.6 is 23.2 Å². The molecule has 5 nitrogen and oxygen atoms in total. The van der Waals surface area contributed by atoms with Crippen molar-refractivity contribution in [1.29, 1.82) is 0 Å². The molecule has 0 saturated heterocycles. The molecule has 0 heterocycles. The average molecular weight is 373 g/mol. The van der Waals surface area contributed by atoms with E-state index in [-0.39, 0.29) is 17.2 Å². The number of primary sulfonamides is 1. The van der Waals surface area contributed by atoms with Crippen molar-refractivity contribution in [1.82, 2.24) is 0 Å². The van der Waals surface area contributed by atoms with Gasteiger partial charge in [-0.3, -0.25) is 4.79 Å². The third-order valence-corrected chi connectivity index (χ3v) is 4.87. The molecule has 2 aromatic rings. The van der Waals surface area contributed by atoms with Gasteiger partial charge >= 0.3 is 0 Å². The Bertz CT molecular complexity index is 821. The summed E-state index contributed by atoms with van der Waals surface area (Å²) in [5.41, 5.74) is 1.28. The van der Waals surface area contributed by atoms with Crippen LogP contribution < -0.4 is 10.5 Å². The first-order valence-corrected chi connectivity index (χ1v) is 8.93. The average Bonchev–Trinajstić information content (AvgIpc) is 2.49. The van der Waals surface area contributed by atoms with E-state index in [1.54, 1.807) is 30.3 Å². The number of hydrogen-bond acceptors (Lipinski definition) is 3. The highest BCUT2D eigenvalue weighted by atomic mass is 35.5. The largest absolute Gasteiger partial charge is 0.325 e. The summed E-state index contributed by atoms with van der Waals surface area (Å²) in [6.45, 7) is 0. The number of rotatable bonds is 5. The van der Waals surface area contributed by atoms with Crippen LogP contribution in [0.2, 0.25) is 10.0 Å². The molecule has 2 rings (SSSR count). The van der Waals surface area contributed by atoms with Crippen molar-refractivity contribution in [2.24, 2.45) is 5.14 Å². The van der Waals surface area contributed by atoms with Gasteiger partial charge in [0.05, 0.1) is 20.6 Å². The predicted octanol–water partition coefficient (Wildman–Crippen LogP) is 3.21. The standard InChI is InChI=1S/C15H14Cl2N2O3S/c16-12-2-1-3-13(15(12)17)19-14(20)9-6-10-4-7-11(8-5-10)23(18,21)22/h1-5,7-8H,6,9H2,(H,19,20)(H2,18,21,22). The molecule has 1 amide bonds. The molecular formula is C15H14Cl2N2O3S. The molecule has 0 aliphatic rings. The minimum Gasteiger partial charge on any atom is -0.325 e. The molecule has 0 atom stereocenters. The van der Waals surface area contributed by atoms with Crippen LogP contribution in [0.1, 0.15) is 12.0 Å². The van der Waals surface area contributed by atoms with Gasteiger partial charge in [0.2, 0.25) is 15.9 Å². The van der Waals surface area contributed by atoms with Gasteiger partial charge in [-0.1, -0.05) is 41.4 Å². The van der Waals surface area contributed by atoms with Crippen LogP contribution in [0.25, 0.3) is 0 Å². The van der Waals surface area contributed by atoms with Gasteiger partial charge < -0.3 is 5.32 Å². The van der Waals surface area contributed by atoms with Crippen molar-refractivity contribution in [3.8, 4) is 0 Å². The number of halogens is 2. The molecule has 0 aromatic heterocycles. The molecule has 0 spiro atoms. The molecule has 23 heavy (non-hydrogen) atoms. The molecule has 0 unspecified atom stereocenters. The lowest BCUT2D eigenvalue weighted by Gasteiger charge is -2.08. The molecule has 0 radical (unpaired) electrons. The number of carbonyl (C=O) groups is 1. The molecule has 0 aliphatic heterocycles. The van der Waals surface area contributed by atoms with E-state index in [4.69, 9.17) is 28.3 Å². The third kappa shape index (κ3) is 4.94. The summed E-state index contributed by atoms with van der Waals surface area (Å²) in [6.07, 6.45) is 0.673. The number of nitrogens with one attached hydrogen (secondary N) is 1. The Labute approximate surface area is 144 Å². The maximum atomic E-state index is 11.9. The van der Waals surface area contributed by atoms with Gasteiger partial charge in [0.25, 0.3) is 0 Å². The summed E-state index contributed by atoms with van der Waals surface area (Å²) in [5, 5.41) is 8.37. The number of amides is 1. The minimum absolute atomic E-state index is 0.0383. The molecule has 2 aromatic carbocycles. The number of nitrogens with two attached hydrogens (primary N) is 1. The van der Waals surface area contributed by atoms with E-state index < -0.39 is 10.0 Å². The Morgan fingerprint density at radius 3 is 2.35 bits per heavy atom. The molecular weight excluding hydrogens is 359 g/mol. The second-order valence-electron chi connectivity index (χ2n) is 4.84. The van der Waals surface area contributed by atoms with Crippen LogP contribution in [0.4, 0.5) is 5.69 Å². The zero-order valence-electron chi connectivity index (χ0n) is 11.9. The highest BCUT2D eigenvalue weighted by Crippen LogP contribution is 2.29. The molecule has 8 heteroatoms. The number of hydrogen-bond donors (Lipinski definition) is 2. The van der Waals surface area contributed by atoms with Crippen molar-refractivity contribution in [3.05, 3.63) is 58.1 Å². The van der Waals surface area contributed by atoms with Gasteiger partial charge in [-0.25, -0.2) is 13.6 Å². The summed E-state index contributed by atoms with van der Waals surface area (Å²) in [5.74, 6) is -0.218. The van der Waals surface area contributed by atoms with E-state index in [1.165, 1.54) is 12.1 Å². The third-order valence-electron chi connectivity index (χ3n) is 3.12. The van der Waals surface area contributed by atoms with Gasteiger partial charge in [-0.15, -0.1) is 0 Å². The number of benzene rings is 2. The topological polar surface area (TPSA) is 89.3 Å². The van der Waals surface area contributed by atoms with Crippen LogP contribution in [0.15, 0.2) is 47.4 Å². The van der Waals surface area contributed by atoms with Gasteiger partial charge in [0, 0.05) is 6.42 Å². The van der Waals surface area contributed by atoms with Gasteiger partial charge in [-0.05, 0) is 36.2 Å². The van der Waals surface area contributed by atoms with Gasteiger partial charge in [-0.2, -0.15) is 0 Å². The summed E-state index contributed by atoms with van der Waals surface area (Å²) >= 11 is 11.9. The van der Waals surface area contributed by atoms with E-state index in [9.17, 15) is 13.2 Å². The normalized spacial score (nSPS) is 11.3. The smallest absolute Gasteiger partial charge is 0.238 e. The summed E-state index contributed by atoms with van der Waals surface area (Å²) in [7, 11) is -3.71. The zero-order valence-corrected chi connectivity index (χ0v) is 14.3. The fourth-order valence-corrected chi connectivity index (χ4v) is 2.78. The van der Waals surface area contributed by atoms with Crippen LogP contribution in [-0.4, -0.2) is 14.3 Å². The lowest BCUT2D eigenvalue weighted by molar-refractivity contribution is -0.116. The van der Waals surface area contributed by atoms with Crippen LogP contribution in [0.3, 0.4) is 0 Å². The first-order valence-electron chi connectivity index (χ1n) is 6.63. The van der Waals surface area contributed by atoms with Crippen molar-refractivity contribution in [2.75, 3.05) is 5.32 Å². The van der Waals surface area contributed by atoms with Crippen LogP contribution in [0, 0.1) is 0 Å². The predicted molar refractivity (Wildman–Crippen MR) is 91.2 cm³/mol. The Morgan fingerprint density at radius 1 is 1.09 bits per heavy atom. The fraction of sp³-hybridized carbons (Fsp3) is 0.133. The Morgan fingerprint density at radius 2 is 1.74 bits per heavy atom. The molecule has 3 N–H and O–H groups in total. The lowest BCUT2D eigenvalue weighted by atomic mass is 10.1. The summed E-state index contributed by atoms with van der Waals surface area (Å²) in [6, 6.07) is 11.1. The first kappa shape index (κ1) is 17.7. The molecule has 0 saturated carbocycles. The number of anilines is 1. The highest BCUT2D eigenvalue weighted by Gasteiger charge is 2.10. The Hall–Kier alpha value is -1.60. The second kappa shape index (κ2) is 7.31. The fourth-order valence-electron chi connectivity index (χ4n) is 1.92. The van der Waals surface area contributed by atoms with Gasteiger partial charge in [0.15, 0.2) is 0 Å². The zero-order chi connectivity index (χ0) is 17.0. The number of carbonyl (C=O) groups excluding carboxylic acids is 1. The minimum atomic E-state index is -3.71. The molecule has 0 bridgehead atoms. The van der Waals surface area contributed by atoms with E-state index in [0.29, 0.717) is 22.2 Å². The SMILES string of the molecule is NS(=O)(=O)c1ccc(CCC(=O)Nc2cccc(Cl)c2Cl)cc1. The quantitative estimate of drug-likeness (QED) is 0.843. The van der Waals surface area contributed by atoms with Crippen molar-refractivity contribution < 1.29 is 13.2 Å². The maximum absolute atomic E-state index is 11.9. The van der Waals surface area contributed by atoms with E-state index >= 15 is 0 Å². The van der Waals surface area contributed by atoms with Crippen LogP contribution in [0.5, 0.6) is 0 Å². The number of sulfonamides is 1. The summed E-state index contributed by atoms with van der Waals surface area (Å²) < 4.78 is 22.3. The molecule has 0 fully saturated rings. The van der Waals surface area contributed by atoms with E-state index in [1.807, 2.05) is 0 Å². The molecule has 0 aliphatic carbocycles. The first-order chi connectivity index (χ1) is 10.8. The van der Waals surface area contributed by atoms with Crippen molar-refractivity contribution in [2.45, 2.75) is 17.7 Å².